The van der Waals surface area contributed by atoms with Gasteiger partial charge in [0.2, 0.25) is 5.91 Å². The highest BCUT2D eigenvalue weighted by Crippen LogP contribution is 2.16. The maximum absolute atomic E-state index is 10.9. The summed E-state index contributed by atoms with van der Waals surface area (Å²) < 4.78 is 0. The van der Waals surface area contributed by atoms with Gasteiger partial charge in [0.25, 0.3) is 0 Å². The first-order chi connectivity index (χ1) is 6.74. The molecule has 0 aliphatic heterocycles. The van der Waals surface area contributed by atoms with Gasteiger partial charge in [0.05, 0.1) is 6.61 Å². The second kappa shape index (κ2) is 5.19. The van der Waals surface area contributed by atoms with E-state index in [0.717, 1.165) is 11.3 Å². The van der Waals surface area contributed by atoms with Gasteiger partial charge in [-0.2, -0.15) is 0 Å². The summed E-state index contributed by atoms with van der Waals surface area (Å²) in [5, 5.41) is 11.3. The minimum absolute atomic E-state index is 0.00555. The van der Waals surface area contributed by atoms with Crippen LogP contribution in [0.15, 0.2) is 30.3 Å². The molecule has 2 N–H and O–H groups in total. The van der Waals surface area contributed by atoms with Crippen LogP contribution in [0.1, 0.15) is 12.5 Å². The second-order valence-electron chi connectivity index (χ2n) is 2.85. The first-order valence-electron chi connectivity index (χ1n) is 4.38. The van der Waals surface area contributed by atoms with Crippen molar-refractivity contribution >= 4 is 17.7 Å². The summed E-state index contributed by atoms with van der Waals surface area (Å²) in [6, 6.07) is 7.42. The van der Waals surface area contributed by atoms with Crippen LogP contribution in [0.5, 0.6) is 0 Å². The summed E-state index contributed by atoms with van der Waals surface area (Å²) >= 11 is 0. The number of amides is 1. The Balaban J connectivity index is 2.90. The van der Waals surface area contributed by atoms with Crippen molar-refractivity contribution < 1.29 is 9.90 Å². The van der Waals surface area contributed by atoms with E-state index in [4.69, 9.17) is 5.11 Å². The average Bonchev–Trinajstić information content (AvgIpc) is 2.16. The number of carbonyl (C=O) groups excluding carboxylic acids is 1. The fourth-order valence-electron chi connectivity index (χ4n) is 1.13. The topological polar surface area (TPSA) is 49.3 Å². The quantitative estimate of drug-likeness (QED) is 0.763. The van der Waals surface area contributed by atoms with Crippen molar-refractivity contribution in [2.45, 2.75) is 6.92 Å². The highest BCUT2D eigenvalue weighted by molar-refractivity contribution is 5.91. The van der Waals surface area contributed by atoms with E-state index < -0.39 is 0 Å². The summed E-state index contributed by atoms with van der Waals surface area (Å²) in [6.07, 6.45) is 3.39. The van der Waals surface area contributed by atoms with Crippen molar-refractivity contribution in [1.82, 2.24) is 0 Å². The van der Waals surface area contributed by atoms with Gasteiger partial charge in [0, 0.05) is 12.6 Å². The van der Waals surface area contributed by atoms with Crippen LogP contribution in [0.2, 0.25) is 0 Å². The molecule has 0 aromatic heterocycles. The molecule has 0 unspecified atom stereocenters. The molecule has 0 atom stereocenters. The molecule has 0 saturated carbocycles. The first kappa shape index (κ1) is 10.5. The van der Waals surface area contributed by atoms with E-state index in [1.807, 2.05) is 24.3 Å². The van der Waals surface area contributed by atoms with Crippen LogP contribution >= 0.6 is 0 Å². The van der Waals surface area contributed by atoms with Crippen molar-refractivity contribution in [3.8, 4) is 0 Å². The first-order valence-corrected chi connectivity index (χ1v) is 4.38. The number of para-hydroxylation sites is 1. The highest BCUT2D eigenvalue weighted by Gasteiger charge is 1.98. The fourth-order valence-corrected chi connectivity index (χ4v) is 1.13. The van der Waals surface area contributed by atoms with Crippen molar-refractivity contribution in [1.29, 1.82) is 0 Å². The van der Waals surface area contributed by atoms with E-state index in [0.29, 0.717) is 0 Å². The van der Waals surface area contributed by atoms with Crippen LogP contribution in [0, 0.1) is 0 Å². The number of nitrogens with one attached hydrogen (secondary N) is 1. The maximum Gasteiger partial charge on any atom is 0.221 e. The molecule has 0 bridgehead atoms. The van der Waals surface area contributed by atoms with E-state index in [9.17, 15) is 4.79 Å². The number of carbonyl (C=O) groups is 1. The molecule has 0 spiro atoms. The minimum Gasteiger partial charge on any atom is -0.392 e. The molecule has 3 heteroatoms. The zero-order chi connectivity index (χ0) is 10.4. The number of hydrogen-bond acceptors (Lipinski definition) is 2. The highest BCUT2D eigenvalue weighted by atomic mass is 16.2. The zero-order valence-electron chi connectivity index (χ0n) is 8.03. The smallest absolute Gasteiger partial charge is 0.221 e. The van der Waals surface area contributed by atoms with E-state index in [1.165, 1.54) is 6.92 Å². The largest absolute Gasteiger partial charge is 0.392 e. The van der Waals surface area contributed by atoms with Crippen LogP contribution in [0.4, 0.5) is 5.69 Å². The molecule has 0 heterocycles. The molecule has 0 saturated heterocycles. The summed E-state index contributed by atoms with van der Waals surface area (Å²) in [5.74, 6) is -0.102. The van der Waals surface area contributed by atoms with Gasteiger partial charge in [-0.25, -0.2) is 0 Å². The number of hydrogen-bond donors (Lipinski definition) is 2. The van der Waals surface area contributed by atoms with Crippen LogP contribution in [0.25, 0.3) is 6.08 Å². The molecule has 0 radical (unpaired) electrons. The third kappa shape index (κ3) is 3.03. The van der Waals surface area contributed by atoms with Crippen LogP contribution in [-0.4, -0.2) is 17.6 Å². The van der Waals surface area contributed by atoms with Gasteiger partial charge >= 0.3 is 0 Å². The molecule has 0 aliphatic rings. The number of anilines is 1. The molecule has 0 fully saturated rings. The lowest BCUT2D eigenvalue weighted by atomic mass is 10.1. The van der Waals surface area contributed by atoms with E-state index in [-0.39, 0.29) is 12.5 Å². The summed E-state index contributed by atoms with van der Waals surface area (Å²) in [4.78, 5) is 10.9. The van der Waals surface area contributed by atoms with Crippen molar-refractivity contribution in [2.75, 3.05) is 11.9 Å². The lowest BCUT2D eigenvalue weighted by molar-refractivity contribution is -0.114. The van der Waals surface area contributed by atoms with E-state index >= 15 is 0 Å². The molecule has 1 amide bonds. The Bertz CT molecular complexity index is 345. The van der Waals surface area contributed by atoms with Crippen LogP contribution in [0.3, 0.4) is 0 Å². The molecule has 1 rings (SSSR count). The van der Waals surface area contributed by atoms with Crippen molar-refractivity contribution in [2.24, 2.45) is 0 Å². The third-order valence-corrected chi connectivity index (χ3v) is 1.67. The number of aliphatic hydroxyl groups is 1. The van der Waals surface area contributed by atoms with Gasteiger partial charge in [0.15, 0.2) is 0 Å². The Kier molecular flexibility index (Phi) is 3.88. The molecule has 1 aromatic carbocycles. The molecular formula is C11H13NO2. The van der Waals surface area contributed by atoms with Crippen molar-refractivity contribution in [3.05, 3.63) is 35.9 Å². The number of benzene rings is 1. The van der Waals surface area contributed by atoms with Gasteiger partial charge in [0.1, 0.15) is 0 Å². The summed E-state index contributed by atoms with van der Waals surface area (Å²) in [6.45, 7) is 1.46. The Morgan fingerprint density at radius 1 is 1.50 bits per heavy atom. The van der Waals surface area contributed by atoms with Gasteiger partial charge < -0.3 is 10.4 Å². The molecule has 1 aromatic rings. The van der Waals surface area contributed by atoms with Gasteiger partial charge in [-0.1, -0.05) is 30.4 Å². The van der Waals surface area contributed by atoms with Gasteiger partial charge in [-0.05, 0) is 11.6 Å². The molecule has 0 aliphatic carbocycles. The van der Waals surface area contributed by atoms with Crippen LogP contribution in [-0.2, 0) is 4.79 Å². The predicted octanol–water partition coefficient (Wildman–Crippen LogP) is 1.65. The SMILES string of the molecule is CC(=O)Nc1ccccc1/C=C/CO. The number of rotatable bonds is 3. The molecular weight excluding hydrogens is 178 g/mol. The maximum atomic E-state index is 10.9. The Morgan fingerprint density at radius 3 is 2.86 bits per heavy atom. The van der Waals surface area contributed by atoms with Gasteiger partial charge in [-0.15, -0.1) is 0 Å². The van der Waals surface area contributed by atoms with Crippen LogP contribution < -0.4 is 5.32 Å². The fraction of sp³-hybridized carbons (Fsp3) is 0.182. The number of aliphatic hydroxyl groups excluding tert-OH is 1. The predicted molar refractivity (Wildman–Crippen MR) is 56.9 cm³/mol. The van der Waals surface area contributed by atoms with Gasteiger partial charge in [-0.3, -0.25) is 4.79 Å². The Morgan fingerprint density at radius 2 is 2.21 bits per heavy atom. The standard InChI is InChI=1S/C11H13NO2/c1-9(14)12-11-7-3-2-5-10(11)6-4-8-13/h2-7,13H,8H2,1H3,(H,12,14)/b6-4+. The lowest BCUT2D eigenvalue weighted by Crippen LogP contribution is -2.06. The van der Waals surface area contributed by atoms with Crippen molar-refractivity contribution in [3.63, 3.8) is 0 Å². The van der Waals surface area contributed by atoms with E-state index in [2.05, 4.69) is 5.32 Å². The molecule has 3 nitrogen and oxygen atoms in total. The molecule has 14 heavy (non-hydrogen) atoms. The zero-order valence-corrected chi connectivity index (χ0v) is 8.03. The Labute approximate surface area is 83.1 Å². The Hall–Kier alpha value is -1.61. The minimum atomic E-state index is -0.102. The third-order valence-electron chi connectivity index (χ3n) is 1.67. The molecule has 74 valence electrons. The average molecular weight is 191 g/mol. The monoisotopic (exact) mass is 191 g/mol. The normalized spacial score (nSPS) is 10.4. The summed E-state index contributed by atoms with van der Waals surface area (Å²) in [7, 11) is 0. The second-order valence-corrected chi connectivity index (χ2v) is 2.85. The summed E-state index contributed by atoms with van der Waals surface area (Å²) in [5.41, 5.74) is 1.64. The lowest BCUT2D eigenvalue weighted by Gasteiger charge is -2.05. The van der Waals surface area contributed by atoms with E-state index in [1.54, 1.807) is 12.2 Å².